The van der Waals surface area contributed by atoms with Crippen LogP contribution in [0.4, 0.5) is 0 Å². The summed E-state index contributed by atoms with van der Waals surface area (Å²) in [6.45, 7) is 4.42. The summed E-state index contributed by atoms with van der Waals surface area (Å²) in [7, 11) is 5.50. The zero-order chi connectivity index (χ0) is 45.6. The Hall–Kier alpha value is -4.01. The summed E-state index contributed by atoms with van der Waals surface area (Å²) in [5.74, 6) is -1.57. The first-order valence-corrected chi connectivity index (χ1v) is 23.9. The first-order chi connectivity index (χ1) is 30.1. The van der Waals surface area contributed by atoms with Crippen molar-refractivity contribution in [2.24, 2.45) is 0 Å². The summed E-state index contributed by atoms with van der Waals surface area (Å²) in [4.78, 5) is 37.1. The number of carboxylic acid groups (broad SMARTS) is 1. The molecule has 8 nitrogen and oxygen atoms in total. The van der Waals surface area contributed by atoms with E-state index in [1.165, 1.54) is 32.1 Å². The van der Waals surface area contributed by atoms with E-state index in [1.807, 2.05) is 21.1 Å². The highest BCUT2D eigenvalue weighted by Gasteiger charge is 2.31. The number of carboxylic acids is 1. The van der Waals surface area contributed by atoms with E-state index in [0.29, 0.717) is 19.3 Å². The lowest BCUT2D eigenvalue weighted by molar-refractivity contribution is -0.887. The van der Waals surface area contributed by atoms with Crippen LogP contribution in [0.3, 0.4) is 0 Å². The molecule has 0 aliphatic rings. The lowest BCUT2D eigenvalue weighted by Crippen LogP contribution is -2.50. The van der Waals surface area contributed by atoms with E-state index in [-0.39, 0.29) is 42.7 Å². The largest absolute Gasteiger partial charge is 0.477 e. The molecule has 0 amide bonds. The van der Waals surface area contributed by atoms with Gasteiger partial charge in [-0.2, -0.15) is 0 Å². The predicted octanol–water partition coefficient (Wildman–Crippen LogP) is 13.6. The first kappa shape index (κ1) is 58.0. The van der Waals surface area contributed by atoms with Gasteiger partial charge in [0.05, 0.1) is 34.4 Å². The Kier molecular flexibility index (Phi) is 40.8. The third-order valence-corrected chi connectivity index (χ3v) is 9.92. The van der Waals surface area contributed by atoms with E-state index in [2.05, 4.69) is 123 Å². The van der Waals surface area contributed by atoms with Crippen LogP contribution in [0, 0.1) is 0 Å². The molecule has 0 saturated carbocycles. The first-order valence-electron chi connectivity index (χ1n) is 23.9. The number of esters is 2. The smallest absolute Gasteiger partial charge is 0.362 e. The van der Waals surface area contributed by atoms with E-state index in [1.54, 1.807) is 0 Å². The number of unbranched alkanes of at least 4 members (excludes halogenated alkanes) is 9. The maximum atomic E-state index is 12.7. The zero-order valence-corrected chi connectivity index (χ0v) is 39.8. The van der Waals surface area contributed by atoms with Crippen LogP contribution in [0.5, 0.6) is 0 Å². The van der Waals surface area contributed by atoms with Gasteiger partial charge in [0, 0.05) is 19.3 Å². The van der Waals surface area contributed by atoms with Crippen molar-refractivity contribution in [3.05, 3.63) is 109 Å². The van der Waals surface area contributed by atoms with Crippen molar-refractivity contribution in [2.45, 2.75) is 174 Å². The highest BCUT2D eigenvalue weighted by atomic mass is 16.6. The molecule has 0 aliphatic heterocycles. The van der Waals surface area contributed by atoms with E-state index in [0.717, 1.165) is 89.9 Å². The van der Waals surface area contributed by atoms with Crippen molar-refractivity contribution >= 4 is 17.9 Å². The number of nitrogens with zero attached hydrogens (tertiary/aromatic N) is 1. The predicted molar refractivity (Wildman–Crippen MR) is 261 cm³/mol. The Balaban J connectivity index is 4.40. The average molecular weight is 863 g/mol. The normalized spacial score (nSPS) is 13.9. The molecule has 0 aromatic rings. The Morgan fingerprint density at radius 3 is 1.31 bits per heavy atom. The average Bonchev–Trinajstić information content (AvgIpc) is 3.23. The number of hydrogen-bond acceptors (Lipinski definition) is 6. The van der Waals surface area contributed by atoms with Crippen molar-refractivity contribution < 1.29 is 38.2 Å². The van der Waals surface area contributed by atoms with E-state index < -0.39 is 18.1 Å². The topological polar surface area (TPSA) is 99.1 Å². The molecule has 0 fully saturated rings. The van der Waals surface area contributed by atoms with Crippen molar-refractivity contribution in [1.29, 1.82) is 0 Å². The molecule has 8 heteroatoms. The van der Waals surface area contributed by atoms with Crippen LogP contribution in [0.1, 0.15) is 162 Å². The number of rotatable bonds is 41. The maximum absolute atomic E-state index is 12.7. The fourth-order valence-corrected chi connectivity index (χ4v) is 6.29. The molecule has 0 saturated heterocycles. The second-order valence-corrected chi connectivity index (χ2v) is 16.6. The summed E-state index contributed by atoms with van der Waals surface area (Å²) >= 11 is 0. The van der Waals surface area contributed by atoms with Crippen LogP contribution in [-0.4, -0.2) is 80.6 Å². The maximum Gasteiger partial charge on any atom is 0.362 e. The summed E-state index contributed by atoms with van der Waals surface area (Å²) in [6.07, 6.45) is 60.0. The highest BCUT2D eigenvalue weighted by Crippen LogP contribution is 2.13. The highest BCUT2D eigenvalue weighted by molar-refractivity contribution is 5.72. The third-order valence-electron chi connectivity index (χ3n) is 9.92. The molecule has 2 unspecified atom stereocenters. The number of ether oxygens (including phenoxy) is 3. The van der Waals surface area contributed by atoms with Crippen LogP contribution in [0.15, 0.2) is 109 Å². The molecule has 0 radical (unpaired) electrons. The molecule has 0 bridgehead atoms. The zero-order valence-electron chi connectivity index (χ0n) is 39.8. The van der Waals surface area contributed by atoms with Gasteiger partial charge < -0.3 is 23.8 Å². The lowest BCUT2D eigenvalue weighted by Gasteiger charge is -2.31. The van der Waals surface area contributed by atoms with Crippen molar-refractivity contribution in [2.75, 3.05) is 41.0 Å². The molecule has 1 N–H and O–H groups in total. The fraction of sp³-hybridized carbons (Fsp3) is 0.611. The van der Waals surface area contributed by atoms with Gasteiger partial charge in [0.25, 0.3) is 0 Å². The molecule has 350 valence electrons. The summed E-state index contributed by atoms with van der Waals surface area (Å²) in [5, 5.41) is 9.64. The third kappa shape index (κ3) is 41.3. The van der Waals surface area contributed by atoms with Crippen molar-refractivity contribution in [1.82, 2.24) is 0 Å². The standard InChI is InChI=1S/C54H87NO7/c1-6-8-10-12-14-16-18-20-22-24-25-26-27-29-30-32-34-36-38-40-42-44-52(56)61-49-50(48-60-47-46-51(54(58)59)55(3,4)5)62-53(57)45-43-41-39-37-35-33-31-28-23-21-19-17-15-13-11-9-7-2/h8-11,14-17,20-23,25-26,31,33,37,39,50-51H,6-7,12-13,18-19,24,27-30,32,34-36,38,40-49H2,1-5H3/p+1/b10-8-,11-9-,16-14-,17-15-,22-20-,23-21-,26-25-,33-31-,39-37-. The minimum absolute atomic E-state index is 0.0285. The van der Waals surface area contributed by atoms with Gasteiger partial charge in [0.1, 0.15) is 6.61 Å². The summed E-state index contributed by atoms with van der Waals surface area (Å²) in [6, 6.07) is -0.633. The fourth-order valence-electron chi connectivity index (χ4n) is 6.29. The van der Waals surface area contributed by atoms with Gasteiger partial charge in [-0.1, -0.05) is 162 Å². The number of allylic oxidation sites excluding steroid dienone is 18. The minimum atomic E-state index is -0.890. The molecule has 0 aromatic carbocycles. The van der Waals surface area contributed by atoms with Crippen LogP contribution in [-0.2, 0) is 28.6 Å². The second-order valence-electron chi connectivity index (χ2n) is 16.6. The Morgan fingerprint density at radius 1 is 0.484 bits per heavy atom. The van der Waals surface area contributed by atoms with Gasteiger partial charge in [-0.15, -0.1) is 0 Å². The molecule has 2 atom stereocenters. The van der Waals surface area contributed by atoms with Crippen LogP contribution in [0.2, 0.25) is 0 Å². The Morgan fingerprint density at radius 2 is 0.871 bits per heavy atom. The molecule has 0 aromatic heterocycles. The van der Waals surface area contributed by atoms with Gasteiger partial charge in [-0.3, -0.25) is 9.59 Å². The number of hydrogen-bond donors (Lipinski definition) is 1. The molecular formula is C54H88NO7+. The van der Waals surface area contributed by atoms with Gasteiger partial charge >= 0.3 is 17.9 Å². The van der Waals surface area contributed by atoms with E-state index in [9.17, 15) is 19.5 Å². The SMILES string of the molecule is CC/C=C\C/C=C\C/C=C\C/C=C\C/C=C\CCCC(=O)OC(COCCC(C(=O)O)[N+](C)(C)C)COC(=O)CCCCCCCCCC/C=C\C/C=C\C/C=C\C/C=C\CC. The number of aliphatic carboxylic acids is 1. The van der Waals surface area contributed by atoms with Crippen molar-refractivity contribution in [3.8, 4) is 0 Å². The van der Waals surface area contributed by atoms with Crippen LogP contribution in [0.25, 0.3) is 0 Å². The second kappa shape index (κ2) is 43.6. The molecule has 0 spiro atoms. The van der Waals surface area contributed by atoms with E-state index >= 15 is 0 Å². The van der Waals surface area contributed by atoms with Crippen molar-refractivity contribution in [3.63, 3.8) is 0 Å². The van der Waals surface area contributed by atoms with Crippen LogP contribution < -0.4 is 0 Å². The molecule has 0 rings (SSSR count). The van der Waals surface area contributed by atoms with Gasteiger partial charge in [0.15, 0.2) is 12.1 Å². The number of likely N-dealkylation sites (N-methyl/N-ethyl adjacent to an activating group) is 1. The van der Waals surface area contributed by atoms with Gasteiger partial charge in [0.2, 0.25) is 0 Å². The molecule has 0 heterocycles. The summed E-state index contributed by atoms with van der Waals surface area (Å²) in [5.41, 5.74) is 0. The quantitative estimate of drug-likeness (QED) is 0.0283. The number of quaternary nitrogens is 1. The van der Waals surface area contributed by atoms with Gasteiger partial charge in [-0.25, -0.2) is 4.79 Å². The summed E-state index contributed by atoms with van der Waals surface area (Å²) < 4.78 is 17.2. The number of carbonyl (C=O) groups excluding carboxylic acids is 2. The Labute approximate surface area is 378 Å². The lowest BCUT2D eigenvalue weighted by atomic mass is 10.1. The molecule has 0 aliphatic carbocycles. The van der Waals surface area contributed by atoms with Crippen LogP contribution >= 0.6 is 0 Å². The monoisotopic (exact) mass is 863 g/mol. The molecule has 62 heavy (non-hydrogen) atoms. The minimum Gasteiger partial charge on any atom is -0.477 e. The Bertz CT molecular complexity index is 1370. The van der Waals surface area contributed by atoms with E-state index in [4.69, 9.17) is 14.2 Å². The molecular weight excluding hydrogens is 775 g/mol. The van der Waals surface area contributed by atoms with Gasteiger partial charge in [-0.05, 0) is 89.9 Å². The number of carbonyl (C=O) groups is 3.